The zero-order chi connectivity index (χ0) is 29.1. The summed E-state index contributed by atoms with van der Waals surface area (Å²) >= 11 is 0. The molecular weight excluding hydrogens is 527 g/mol. The van der Waals surface area contributed by atoms with Crippen molar-refractivity contribution in [2.45, 2.75) is 31.6 Å². The number of nitrogens with zero attached hydrogens (tertiary/aromatic N) is 2. The molecule has 11 heteroatoms. The smallest absolute Gasteiger partial charge is 0.416 e. The van der Waals surface area contributed by atoms with E-state index in [1.54, 1.807) is 30.5 Å². The van der Waals surface area contributed by atoms with Crippen molar-refractivity contribution in [2.24, 2.45) is 0 Å². The Balaban J connectivity index is 0.000000482. The Morgan fingerprint density at radius 1 is 0.925 bits per heavy atom. The Hall–Kier alpha value is -4.51. The standard InChI is InChI=1S/C25H24F3N3O.C4H4O4/c26-25(27,28)20-9-7-19(8-10-20)22-5-1-2-6-23(22)24(32)30-21-11-14-31(15-12-21)17-18-4-3-13-29-16-18;5-3(6)1-2-4(7)8/h1-10,13,16,21H,11-12,14-15,17H2,(H,30,32);1-2H,(H,5,6)(H,7,8)/b;2-1+. The quantitative estimate of drug-likeness (QED) is 0.356. The summed E-state index contributed by atoms with van der Waals surface area (Å²) in [6, 6.07) is 16.0. The van der Waals surface area contributed by atoms with E-state index in [9.17, 15) is 27.6 Å². The van der Waals surface area contributed by atoms with Gasteiger partial charge in [-0.05, 0) is 53.8 Å². The molecular formula is C29H28F3N3O5. The third-order valence-corrected chi connectivity index (χ3v) is 6.12. The number of carbonyl (C=O) groups is 3. The van der Waals surface area contributed by atoms with E-state index in [2.05, 4.69) is 21.3 Å². The second-order valence-corrected chi connectivity index (χ2v) is 9.02. The number of piperidine rings is 1. The molecule has 4 rings (SSSR count). The first-order valence-corrected chi connectivity index (χ1v) is 12.4. The van der Waals surface area contributed by atoms with Gasteiger partial charge in [0.15, 0.2) is 0 Å². The van der Waals surface area contributed by atoms with E-state index >= 15 is 0 Å². The maximum atomic E-state index is 13.0. The van der Waals surface area contributed by atoms with E-state index in [4.69, 9.17) is 10.2 Å². The number of likely N-dealkylation sites (tertiary alicyclic amines) is 1. The van der Waals surface area contributed by atoms with Crippen LogP contribution in [0.2, 0.25) is 0 Å². The minimum Gasteiger partial charge on any atom is -0.478 e. The van der Waals surface area contributed by atoms with Gasteiger partial charge in [-0.3, -0.25) is 14.7 Å². The topological polar surface area (TPSA) is 120 Å². The van der Waals surface area contributed by atoms with Crippen LogP contribution in [0, 0.1) is 0 Å². The number of nitrogens with one attached hydrogen (secondary N) is 1. The van der Waals surface area contributed by atoms with Gasteiger partial charge in [0.25, 0.3) is 5.91 Å². The van der Waals surface area contributed by atoms with Crippen molar-refractivity contribution in [3.8, 4) is 11.1 Å². The number of amides is 1. The number of carboxylic acids is 2. The first-order chi connectivity index (χ1) is 19.0. The fraction of sp³-hybridized carbons (Fsp3) is 0.241. The molecule has 2 heterocycles. The highest BCUT2D eigenvalue weighted by atomic mass is 19.4. The van der Waals surface area contributed by atoms with Crippen LogP contribution in [0.3, 0.4) is 0 Å². The summed E-state index contributed by atoms with van der Waals surface area (Å²) in [5.41, 5.74) is 2.12. The van der Waals surface area contributed by atoms with Crippen LogP contribution in [0.4, 0.5) is 13.2 Å². The van der Waals surface area contributed by atoms with E-state index in [1.165, 1.54) is 17.7 Å². The molecule has 1 aliphatic heterocycles. The molecule has 0 unspecified atom stereocenters. The predicted molar refractivity (Wildman–Crippen MR) is 141 cm³/mol. The van der Waals surface area contributed by atoms with Gasteiger partial charge in [0.05, 0.1) is 5.56 Å². The second kappa shape index (κ2) is 14.0. The highest BCUT2D eigenvalue weighted by molar-refractivity contribution is 6.01. The number of rotatable bonds is 7. The normalized spacial score (nSPS) is 14.3. The molecule has 1 aliphatic rings. The number of alkyl halides is 3. The molecule has 0 radical (unpaired) electrons. The molecule has 0 bridgehead atoms. The van der Waals surface area contributed by atoms with Crippen LogP contribution in [-0.4, -0.2) is 57.1 Å². The van der Waals surface area contributed by atoms with Gasteiger partial charge in [-0.15, -0.1) is 0 Å². The van der Waals surface area contributed by atoms with Crippen LogP contribution in [-0.2, 0) is 22.3 Å². The van der Waals surface area contributed by atoms with Crippen molar-refractivity contribution in [3.05, 3.63) is 102 Å². The largest absolute Gasteiger partial charge is 0.478 e. The van der Waals surface area contributed by atoms with Crippen molar-refractivity contribution < 1.29 is 37.8 Å². The molecule has 8 nitrogen and oxygen atoms in total. The molecule has 0 saturated carbocycles. The number of carboxylic acid groups (broad SMARTS) is 2. The van der Waals surface area contributed by atoms with Crippen LogP contribution >= 0.6 is 0 Å². The first kappa shape index (κ1) is 30.0. The highest BCUT2D eigenvalue weighted by Gasteiger charge is 2.30. The summed E-state index contributed by atoms with van der Waals surface area (Å²) < 4.78 is 38.6. The fourth-order valence-corrected chi connectivity index (χ4v) is 4.16. The first-order valence-electron chi connectivity index (χ1n) is 12.4. The molecule has 1 saturated heterocycles. The van der Waals surface area contributed by atoms with Gasteiger partial charge in [-0.25, -0.2) is 9.59 Å². The summed E-state index contributed by atoms with van der Waals surface area (Å²) in [5, 5.41) is 18.7. The average molecular weight is 556 g/mol. The fourth-order valence-electron chi connectivity index (χ4n) is 4.16. The molecule has 0 atom stereocenters. The van der Waals surface area contributed by atoms with Crippen LogP contribution < -0.4 is 5.32 Å². The van der Waals surface area contributed by atoms with Crippen molar-refractivity contribution in [2.75, 3.05) is 13.1 Å². The van der Waals surface area contributed by atoms with E-state index in [-0.39, 0.29) is 11.9 Å². The maximum absolute atomic E-state index is 13.0. The molecule has 1 amide bonds. The van der Waals surface area contributed by atoms with Gasteiger partial charge < -0.3 is 15.5 Å². The summed E-state index contributed by atoms with van der Waals surface area (Å²) in [4.78, 5) is 38.6. The summed E-state index contributed by atoms with van der Waals surface area (Å²) in [7, 11) is 0. The number of carbonyl (C=O) groups excluding carboxylic acids is 1. The molecule has 3 N–H and O–H groups in total. The number of benzene rings is 2. The lowest BCUT2D eigenvalue weighted by Gasteiger charge is -2.32. The van der Waals surface area contributed by atoms with Gasteiger partial charge in [0, 0.05) is 55.8 Å². The van der Waals surface area contributed by atoms with Gasteiger partial charge in [0.1, 0.15) is 0 Å². The summed E-state index contributed by atoms with van der Waals surface area (Å²) in [6.45, 7) is 2.59. The Morgan fingerprint density at radius 2 is 1.55 bits per heavy atom. The lowest BCUT2D eigenvalue weighted by Crippen LogP contribution is -2.44. The number of hydrogen-bond acceptors (Lipinski definition) is 5. The number of halogens is 3. The minimum atomic E-state index is -4.39. The number of hydrogen-bond donors (Lipinski definition) is 3. The third kappa shape index (κ3) is 9.35. The van der Waals surface area contributed by atoms with Gasteiger partial charge in [0.2, 0.25) is 0 Å². The van der Waals surface area contributed by atoms with Gasteiger partial charge >= 0.3 is 18.1 Å². The Labute approximate surface area is 228 Å². The SMILES string of the molecule is O=C(NC1CCN(Cc2cccnc2)CC1)c1ccccc1-c1ccc(C(F)(F)F)cc1.O=C(O)/C=C/C(=O)O. The molecule has 40 heavy (non-hydrogen) atoms. The van der Waals surface area contributed by atoms with Crippen molar-refractivity contribution in [1.29, 1.82) is 0 Å². The van der Waals surface area contributed by atoms with E-state index in [0.29, 0.717) is 28.8 Å². The van der Waals surface area contributed by atoms with E-state index < -0.39 is 23.7 Å². The highest BCUT2D eigenvalue weighted by Crippen LogP contribution is 2.32. The van der Waals surface area contributed by atoms with Crippen molar-refractivity contribution in [3.63, 3.8) is 0 Å². The van der Waals surface area contributed by atoms with E-state index in [1.807, 2.05) is 12.3 Å². The molecule has 0 spiro atoms. The van der Waals surface area contributed by atoms with Crippen LogP contribution in [0.15, 0.2) is 85.2 Å². The maximum Gasteiger partial charge on any atom is 0.416 e. The van der Waals surface area contributed by atoms with Crippen LogP contribution in [0.1, 0.15) is 34.3 Å². The zero-order valence-electron chi connectivity index (χ0n) is 21.3. The van der Waals surface area contributed by atoms with Gasteiger partial charge in [-0.1, -0.05) is 36.4 Å². The number of aliphatic carboxylic acids is 2. The molecule has 1 aromatic heterocycles. The third-order valence-electron chi connectivity index (χ3n) is 6.12. The summed E-state index contributed by atoms with van der Waals surface area (Å²) in [6.07, 6.45) is 2.04. The lowest BCUT2D eigenvalue weighted by molar-refractivity contribution is -0.137. The van der Waals surface area contributed by atoms with Crippen LogP contribution in [0.5, 0.6) is 0 Å². The zero-order valence-corrected chi connectivity index (χ0v) is 21.3. The second-order valence-electron chi connectivity index (χ2n) is 9.02. The van der Waals surface area contributed by atoms with Crippen molar-refractivity contribution in [1.82, 2.24) is 15.2 Å². The summed E-state index contributed by atoms with van der Waals surface area (Å²) in [5.74, 6) is -2.72. The minimum absolute atomic E-state index is 0.0632. The lowest BCUT2D eigenvalue weighted by atomic mass is 9.97. The molecule has 2 aromatic carbocycles. The Kier molecular flexibility index (Phi) is 10.5. The van der Waals surface area contributed by atoms with Crippen molar-refractivity contribution >= 4 is 17.8 Å². The number of pyridine rings is 1. The van der Waals surface area contributed by atoms with Gasteiger partial charge in [-0.2, -0.15) is 13.2 Å². The average Bonchev–Trinajstić information content (AvgIpc) is 2.93. The van der Waals surface area contributed by atoms with E-state index in [0.717, 1.165) is 44.6 Å². The number of aromatic nitrogens is 1. The predicted octanol–water partition coefficient (Wildman–Crippen LogP) is 4.87. The Morgan fingerprint density at radius 3 is 2.10 bits per heavy atom. The Bertz CT molecular complexity index is 1300. The molecule has 3 aromatic rings. The molecule has 1 fully saturated rings. The monoisotopic (exact) mass is 555 g/mol. The molecule has 210 valence electrons. The van der Waals surface area contributed by atoms with Crippen LogP contribution in [0.25, 0.3) is 11.1 Å². The molecule has 0 aliphatic carbocycles.